The van der Waals surface area contributed by atoms with Crippen molar-refractivity contribution in [1.29, 1.82) is 0 Å². The Labute approximate surface area is 109 Å². The van der Waals surface area contributed by atoms with Crippen LogP contribution < -0.4 is 5.32 Å². The van der Waals surface area contributed by atoms with Gasteiger partial charge >= 0.3 is 0 Å². The van der Waals surface area contributed by atoms with E-state index >= 15 is 0 Å². The second-order valence-electron chi connectivity index (χ2n) is 4.07. The molecule has 98 valence electrons. The highest BCUT2D eigenvalue weighted by Crippen LogP contribution is 2.29. The van der Waals surface area contributed by atoms with Gasteiger partial charge in [-0.3, -0.25) is 0 Å². The number of aromatic nitrogens is 1. The first-order chi connectivity index (χ1) is 8.26. The maximum atomic E-state index is 5.52. The van der Waals surface area contributed by atoms with Crippen LogP contribution in [0.4, 0.5) is 0 Å². The van der Waals surface area contributed by atoms with Crippen LogP contribution in [0.1, 0.15) is 55.3 Å². The van der Waals surface area contributed by atoms with Gasteiger partial charge in [0, 0.05) is 18.5 Å². The van der Waals surface area contributed by atoms with Crippen molar-refractivity contribution in [2.45, 2.75) is 52.7 Å². The number of hydrogen-bond donors (Lipinski definition) is 1. The first-order valence-corrected chi connectivity index (χ1v) is 7.30. The van der Waals surface area contributed by atoms with Crippen molar-refractivity contribution in [3.05, 3.63) is 15.6 Å². The van der Waals surface area contributed by atoms with Gasteiger partial charge in [-0.25, -0.2) is 4.98 Å². The zero-order chi connectivity index (χ0) is 12.7. The molecular formula is C13H24N2OS. The molecule has 0 saturated heterocycles. The molecule has 0 aliphatic heterocycles. The summed E-state index contributed by atoms with van der Waals surface area (Å²) in [6.07, 6.45) is 3.35. The summed E-state index contributed by atoms with van der Waals surface area (Å²) in [5.74, 6) is 0. The van der Waals surface area contributed by atoms with Gasteiger partial charge in [-0.1, -0.05) is 27.2 Å². The molecule has 1 aromatic heterocycles. The standard InChI is InChI=1S/C13H24N2OS/c1-5-8-11(16-4)13-15-10(6-2)12(17-13)9-14-7-3/h11,14H,5-9H2,1-4H3. The minimum absolute atomic E-state index is 0.172. The fourth-order valence-corrected chi connectivity index (χ4v) is 3.03. The van der Waals surface area contributed by atoms with E-state index < -0.39 is 0 Å². The third-order valence-electron chi connectivity index (χ3n) is 2.78. The maximum Gasteiger partial charge on any atom is 0.122 e. The molecule has 0 saturated carbocycles. The Balaban J connectivity index is 2.82. The van der Waals surface area contributed by atoms with Gasteiger partial charge < -0.3 is 10.1 Å². The molecule has 0 spiro atoms. The molecule has 0 bridgehead atoms. The van der Waals surface area contributed by atoms with Gasteiger partial charge in [-0.15, -0.1) is 11.3 Å². The van der Waals surface area contributed by atoms with Crippen molar-refractivity contribution >= 4 is 11.3 Å². The second-order valence-corrected chi connectivity index (χ2v) is 5.18. The van der Waals surface area contributed by atoms with Crippen molar-refractivity contribution in [2.24, 2.45) is 0 Å². The second kappa shape index (κ2) is 7.80. The molecule has 4 heteroatoms. The van der Waals surface area contributed by atoms with E-state index in [1.54, 1.807) is 18.4 Å². The van der Waals surface area contributed by atoms with Crippen LogP contribution in [0.15, 0.2) is 0 Å². The highest BCUT2D eigenvalue weighted by atomic mass is 32.1. The number of rotatable bonds is 8. The lowest BCUT2D eigenvalue weighted by Crippen LogP contribution is -2.11. The fraction of sp³-hybridized carbons (Fsp3) is 0.769. The Morgan fingerprint density at radius 1 is 1.35 bits per heavy atom. The van der Waals surface area contributed by atoms with Crippen molar-refractivity contribution in [2.75, 3.05) is 13.7 Å². The molecule has 1 rings (SSSR count). The summed E-state index contributed by atoms with van der Waals surface area (Å²) in [4.78, 5) is 6.09. The predicted molar refractivity (Wildman–Crippen MR) is 73.5 cm³/mol. The van der Waals surface area contributed by atoms with E-state index in [1.165, 1.54) is 10.6 Å². The van der Waals surface area contributed by atoms with Crippen LogP contribution in [0, 0.1) is 0 Å². The van der Waals surface area contributed by atoms with Crippen molar-refractivity contribution in [1.82, 2.24) is 10.3 Å². The molecule has 1 heterocycles. The summed E-state index contributed by atoms with van der Waals surface area (Å²) in [5, 5.41) is 4.51. The number of aryl methyl sites for hydroxylation is 1. The van der Waals surface area contributed by atoms with Gasteiger partial charge in [0.2, 0.25) is 0 Å². The summed E-state index contributed by atoms with van der Waals surface area (Å²) in [6.45, 7) is 8.40. The number of hydrogen-bond acceptors (Lipinski definition) is 4. The smallest absolute Gasteiger partial charge is 0.122 e. The van der Waals surface area contributed by atoms with Gasteiger partial charge in [0.25, 0.3) is 0 Å². The largest absolute Gasteiger partial charge is 0.374 e. The SMILES string of the molecule is CCCC(OC)c1nc(CC)c(CNCC)s1. The van der Waals surface area contributed by atoms with Crippen LogP contribution in [0.5, 0.6) is 0 Å². The zero-order valence-corrected chi connectivity index (χ0v) is 12.2. The molecule has 17 heavy (non-hydrogen) atoms. The van der Waals surface area contributed by atoms with E-state index in [9.17, 15) is 0 Å². The first kappa shape index (κ1) is 14.6. The highest BCUT2D eigenvalue weighted by Gasteiger charge is 2.17. The van der Waals surface area contributed by atoms with Gasteiger partial charge in [0.05, 0.1) is 5.69 Å². The molecule has 0 radical (unpaired) electrons. The van der Waals surface area contributed by atoms with Crippen LogP contribution >= 0.6 is 11.3 Å². The molecule has 3 nitrogen and oxygen atoms in total. The van der Waals surface area contributed by atoms with Crippen LogP contribution in [0.25, 0.3) is 0 Å². The number of nitrogens with zero attached hydrogens (tertiary/aromatic N) is 1. The van der Waals surface area contributed by atoms with Crippen LogP contribution in [-0.2, 0) is 17.7 Å². The number of thiazole rings is 1. The van der Waals surface area contributed by atoms with E-state index in [0.717, 1.165) is 37.4 Å². The van der Waals surface area contributed by atoms with Gasteiger partial charge in [-0.2, -0.15) is 0 Å². The quantitative estimate of drug-likeness (QED) is 0.775. The molecular weight excluding hydrogens is 232 g/mol. The molecule has 1 N–H and O–H groups in total. The van der Waals surface area contributed by atoms with Gasteiger partial charge in [0.15, 0.2) is 0 Å². The predicted octanol–water partition coefficient (Wildman–Crippen LogP) is 3.30. The highest BCUT2D eigenvalue weighted by molar-refractivity contribution is 7.11. The topological polar surface area (TPSA) is 34.1 Å². The molecule has 1 aromatic rings. The molecule has 0 amide bonds. The molecule has 0 aliphatic rings. The molecule has 0 aliphatic carbocycles. The third kappa shape index (κ3) is 4.05. The average molecular weight is 256 g/mol. The van der Waals surface area contributed by atoms with Crippen molar-refractivity contribution in [3.63, 3.8) is 0 Å². The van der Waals surface area contributed by atoms with Crippen molar-refractivity contribution in [3.8, 4) is 0 Å². The first-order valence-electron chi connectivity index (χ1n) is 6.48. The third-order valence-corrected chi connectivity index (χ3v) is 3.97. The van der Waals surface area contributed by atoms with E-state index in [-0.39, 0.29) is 6.10 Å². The van der Waals surface area contributed by atoms with Crippen molar-refractivity contribution < 1.29 is 4.74 Å². The lowest BCUT2D eigenvalue weighted by atomic mass is 10.2. The summed E-state index contributed by atoms with van der Waals surface area (Å²) >= 11 is 1.80. The number of methoxy groups -OCH3 is 1. The summed E-state index contributed by atoms with van der Waals surface area (Å²) in [5.41, 5.74) is 1.23. The Morgan fingerprint density at radius 3 is 2.65 bits per heavy atom. The van der Waals surface area contributed by atoms with E-state index in [2.05, 4.69) is 26.1 Å². The normalized spacial score (nSPS) is 12.9. The monoisotopic (exact) mass is 256 g/mol. The lowest BCUT2D eigenvalue weighted by Gasteiger charge is -2.10. The number of nitrogens with one attached hydrogen (secondary N) is 1. The van der Waals surface area contributed by atoms with Gasteiger partial charge in [0.1, 0.15) is 11.1 Å². The molecule has 1 atom stereocenters. The molecule has 0 aromatic carbocycles. The Bertz CT molecular complexity index is 325. The minimum atomic E-state index is 0.172. The summed E-state index contributed by atoms with van der Waals surface area (Å²) < 4.78 is 5.52. The minimum Gasteiger partial charge on any atom is -0.374 e. The van der Waals surface area contributed by atoms with Crippen LogP contribution in [0.2, 0.25) is 0 Å². The summed E-state index contributed by atoms with van der Waals surface area (Å²) in [6, 6.07) is 0. The molecule has 1 unspecified atom stereocenters. The average Bonchev–Trinajstić information content (AvgIpc) is 2.76. The molecule has 0 fully saturated rings. The fourth-order valence-electron chi connectivity index (χ4n) is 1.80. The Hall–Kier alpha value is -0.450. The lowest BCUT2D eigenvalue weighted by molar-refractivity contribution is 0.0946. The maximum absolute atomic E-state index is 5.52. The summed E-state index contributed by atoms with van der Waals surface area (Å²) in [7, 11) is 1.78. The number of ether oxygens (including phenoxy) is 1. The van der Waals surface area contributed by atoms with E-state index in [0.29, 0.717) is 0 Å². The van der Waals surface area contributed by atoms with Crippen LogP contribution in [-0.4, -0.2) is 18.6 Å². The zero-order valence-electron chi connectivity index (χ0n) is 11.4. The Kier molecular flexibility index (Phi) is 6.70. The van der Waals surface area contributed by atoms with Crippen LogP contribution in [0.3, 0.4) is 0 Å². The Morgan fingerprint density at radius 2 is 2.12 bits per heavy atom. The van der Waals surface area contributed by atoms with E-state index in [1.807, 2.05) is 0 Å². The van der Waals surface area contributed by atoms with E-state index in [4.69, 9.17) is 9.72 Å². The van der Waals surface area contributed by atoms with Gasteiger partial charge in [-0.05, 0) is 19.4 Å².